The zero-order chi connectivity index (χ0) is 12.3. The van der Waals surface area contributed by atoms with Crippen LogP contribution in [0.4, 0.5) is 0 Å². The van der Waals surface area contributed by atoms with Crippen molar-refractivity contribution in [1.29, 1.82) is 0 Å². The van der Waals surface area contributed by atoms with Gasteiger partial charge in [-0.3, -0.25) is 9.78 Å². The lowest BCUT2D eigenvalue weighted by Crippen LogP contribution is -2.06. The molecule has 86 valence electrons. The summed E-state index contributed by atoms with van der Waals surface area (Å²) in [5.41, 5.74) is 3.74. The van der Waals surface area contributed by atoms with E-state index in [0.29, 0.717) is 6.42 Å². The molecule has 1 aromatic carbocycles. The molecule has 0 saturated carbocycles. The summed E-state index contributed by atoms with van der Waals surface area (Å²) in [6.07, 6.45) is 2.16. The number of nitrogens with zero attached hydrogens (tertiary/aromatic N) is 1. The van der Waals surface area contributed by atoms with Crippen LogP contribution in [0.5, 0.6) is 0 Å². The molecule has 0 aliphatic heterocycles. The summed E-state index contributed by atoms with van der Waals surface area (Å²) in [6, 6.07) is 11.5. The van der Waals surface area contributed by atoms with E-state index in [1.807, 2.05) is 50.2 Å². The van der Waals surface area contributed by atoms with E-state index in [9.17, 15) is 4.79 Å². The fourth-order valence-corrected chi connectivity index (χ4v) is 1.75. The molecule has 1 heterocycles. The number of carbonyl (C=O) groups excluding carboxylic acids is 1. The molecule has 0 aliphatic rings. The molecule has 0 N–H and O–H groups in total. The van der Waals surface area contributed by atoms with Gasteiger partial charge in [0.1, 0.15) is 0 Å². The van der Waals surface area contributed by atoms with Gasteiger partial charge in [-0.1, -0.05) is 30.3 Å². The molecule has 0 amide bonds. The lowest BCUT2D eigenvalue weighted by Gasteiger charge is -2.04. The van der Waals surface area contributed by atoms with Crippen molar-refractivity contribution < 1.29 is 4.79 Å². The van der Waals surface area contributed by atoms with E-state index < -0.39 is 0 Å². The second-order valence-electron chi connectivity index (χ2n) is 4.24. The molecule has 17 heavy (non-hydrogen) atoms. The van der Waals surface area contributed by atoms with Gasteiger partial charge in [0, 0.05) is 17.5 Å². The maximum absolute atomic E-state index is 12.1. The van der Waals surface area contributed by atoms with Crippen molar-refractivity contribution in [3.63, 3.8) is 0 Å². The normalized spacial score (nSPS) is 10.2. The Bertz CT molecular complexity index is 529. The molecule has 0 aliphatic carbocycles. The molecule has 0 saturated heterocycles. The lowest BCUT2D eigenvalue weighted by atomic mass is 10.0. The number of pyridine rings is 1. The largest absolute Gasteiger partial charge is 0.294 e. The monoisotopic (exact) mass is 225 g/mol. The number of aryl methyl sites for hydroxylation is 2. The smallest absolute Gasteiger partial charge is 0.169 e. The average molecular weight is 225 g/mol. The first-order valence-corrected chi connectivity index (χ1v) is 5.67. The predicted molar refractivity (Wildman–Crippen MR) is 68.2 cm³/mol. The van der Waals surface area contributed by atoms with E-state index >= 15 is 0 Å². The van der Waals surface area contributed by atoms with Crippen LogP contribution in [0.25, 0.3) is 0 Å². The highest BCUT2D eigenvalue weighted by molar-refractivity contribution is 5.98. The summed E-state index contributed by atoms with van der Waals surface area (Å²) in [4.78, 5) is 16.3. The van der Waals surface area contributed by atoms with Crippen molar-refractivity contribution in [3.05, 3.63) is 65.0 Å². The first-order chi connectivity index (χ1) is 8.16. The first-order valence-electron chi connectivity index (χ1n) is 5.67. The predicted octanol–water partition coefficient (Wildman–Crippen LogP) is 3.12. The Morgan fingerprint density at radius 3 is 2.53 bits per heavy atom. The summed E-state index contributed by atoms with van der Waals surface area (Å²) >= 11 is 0. The summed E-state index contributed by atoms with van der Waals surface area (Å²) in [5.74, 6) is 0.124. The number of carbonyl (C=O) groups is 1. The molecule has 0 fully saturated rings. The van der Waals surface area contributed by atoms with Crippen molar-refractivity contribution >= 4 is 5.78 Å². The number of hydrogen-bond donors (Lipinski definition) is 0. The van der Waals surface area contributed by atoms with Crippen molar-refractivity contribution in [1.82, 2.24) is 4.98 Å². The number of Topliss-reactive ketones (excluding diaryl/α,β-unsaturated/α-hetero) is 1. The molecule has 1 aromatic heterocycles. The van der Waals surface area contributed by atoms with E-state index in [4.69, 9.17) is 0 Å². The van der Waals surface area contributed by atoms with Gasteiger partial charge in [-0.15, -0.1) is 0 Å². The van der Waals surface area contributed by atoms with Crippen molar-refractivity contribution in [2.75, 3.05) is 0 Å². The molecule has 0 atom stereocenters. The molecule has 0 unspecified atom stereocenters. The van der Waals surface area contributed by atoms with E-state index in [1.165, 1.54) is 0 Å². The summed E-state index contributed by atoms with van der Waals surface area (Å²) in [6.45, 7) is 3.94. The molecule has 0 bridgehead atoms. The van der Waals surface area contributed by atoms with Crippen LogP contribution >= 0.6 is 0 Å². The number of rotatable bonds is 3. The van der Waals surface area contributed by atoms with Crippen molar-refractivity contribution in [2.24, 2.45) is 0 Å². The number of hydrogen-bond acceptors (Lipinski definition) is 2. The molecule has 2 aromatic rings. The third-order valence-corrected chi connectivity index (χ3v) is 2.76. The zero-order valence-corrected chi connectivity index (χ0v) is 10.1. The summed E-state index contributed by atoms with van der Waals surface area (Å²) in [7, 11) is 0. The van der Waals surface area contributed by atoms with Gasteiger partial charge < -0.3 is 0 Å². The maximum atomic E-state index is 12.1. The van der Waals surface area contributed by atoms with Crippen molar-refractivity contribution in [2.45, 2.75) is 20.3 Å². The lowest BCUT2D eigenvalue weighted by molar-refractivity contribution is 0.0991. The fourth-order valence-electron chi connectivity index (χ4n) is 1.75. The average Bonchev–Trinajstić information content (AvgIpc) is 2.32. The Morgan fingerprint density at radius 1 is 1.12 bits per heavy atom. The Labute approximate surface area is 101 Å². The highest BCUT2D eigenvalue weighted by Crippen LogP contribution is 2.11. The van der Waals surface area contributed by atoms with E-state index in [-0.39, 0.29) is 5.78 Å². The van der Waals surface area contributed by atoms with Gasteiger partial charge in [0.05, 0.1) is 6.42 Å². The molecule has 2 nitrogen and oxygen atoms in total. The topological polar surface area (TPSA) is 30.0 Å². The van der Waals surface area contributed by atoms with Gasteiger partial charge in [-0.25, -0.2) is 0 Å². The molecule has 2 heteroatoms. The molecular formula is C15H15NO. The minimum absolute atomic E-state index is 0.124. The highest BCUT2D eigenvalue weighted by atomic mass is 16.1. The standard InChI is InChI=1S/C15H15NO/c1-11-7-8-13(16-10-11)9-15(17)14-6-4-3-5-12(14)2/h3-8,10H,9H2,1-2H3. The SMILES string of the molecule is Cc1ccc(CC(=O)c2ccccc2C)nc1. The Kier molecular flexibility index (Phi) is 3.33. The van der Waals surface area contributed by atoms with Gasteiger partial charge in [-0.05, 0) is 31.0 Å². The van der Waals surface area contributed by atoms with Crippen LogP contribution < -0.4 is 0 Å². The highest BCUT2D eigenvalue weighted by Gasteiger charge is 2.09. The van der Waals surface area contributed by atoms with Crippen LogP contribution in [0.1, 0.15) is 27.2 Å². The van der Waals surface area contributed by atoms with Crippen LogP contribution in [0, 0.1) is 13.8 Å². The Hall–Kier alpha value is -1.96. The van der Waals surface area contributed by atoms with Crippen LogP contribution in [0.15, 0.2) is 42.6 Å². The third-order valence-electron chi connectivity index (χ3n) is 2.76. The second kappa shape index (κ2) is 4.91. The van der Waals surface area contributed by atoms with Crippen LogP contribution in [0.3, 0.4) is 0 Å². The molecule has 0 spiro atoms. The van der Waals surface area contributed by atoms with Crippen LogP contribution in [0.2, 0.25) is 0 Å². The Morgan fingerprint density at radius 2 is 1.88 bits per heavy atom. The second-order valence-corrected chi connectivity index (χ2v) is 4.24. The first kappa shape index (κ1) is 11.5. The Balaban J connectivity index is 2.17. The summed E-state index contributed by atoms with van der Waals surface area (Å²) in [5, 5.41) is 0. The van der Waals surface area contributed by atoms with Gasteiger partial charge in [0.25, 0.3) is 0 Å². The van der Waals surface area contributed by atoms with Crippen molar-refractivity contribution in [3.8, 4) is 0 Å². The number of ketones is 1. The molecular weight excluding hydrogens is 210 g/mol. The maximum Gasteiger partial charge on any atom is 0.169 e. The quantitative estimate of drug-likeness (QED) is 0.751. The number of aromatic nitrogens is 1. The molecule has 0 radical (unpaired) electrons. The van der Waals surface area contributed by atoms with E-state index in [2.05, 4.69) is 4.98 Å². The van der Waals surface area contributed by atoms with Gasteiger partial charge in [0.2, 0.25) is 0 Å². The van der Waals surface area contributed by atoms with Gasteiger partial charge >= 0.3 is 0 Å². The van der Waals surface area contributed by atoms with Crippen LogP contribution in [-0.2, 0) is 6.42 Å². The van der Waals surface area contributed by atoms with E-state index in [0.717, 1.165) is 22.4 Å². The van der Waals surface area contributed by atoms with Crippen LogP contribution in [-0.4, -0.2) is 10.8 Å². The van der Waals surface area contributed by atoms with Gasteiger partial charge in [-0.2, -0.15) is 0 Å². The third kappa shape index (κ3) is 2.78. The minimum Gasteiger partial charge on any atom is -0.294 e. The summed E-state index contributed by atoms with van der Waals surface area (Å²) < 4.78 is 0. The van der Waals surface area contributed by atoms with Gasteiger partial charge in [0.15, 0.2) is 5.78 Å². The fraction of sp³-hybridized carbons (Fsp3) is 0.200. The van der Waals surface area contributed by atoms with E-state index in [1.54, 1.807) is 6.20 Å². The molecule has 2 rings (SSSR count). The minimum atomic E-state index is 0.124. The zero-order valence-electron chi connectivity index (χ0n) is 10.1. The number of benzene rings is 1.